The first-order chi connectivity index (χ1) is 7.63. The molecule has 7 heteroatoms. The average Bonchev–Trinajstić information content (AvgIpc) is 2.15. The van der Waals surface area contributed by atoms with Crippen LogP contribution in [0.5, 0.6) is 0 Å². The van der Waals surface area contributed by atoms with Crippen LogP contribution in [0.3, 0.4) is 0 Å². The summed E-state index contributed by atoms with van der Waals surface area (Å²) in [6, 6.07) is -1.07. The first-order valence-electron chi connectivity index (χ1n) is 5.41. The van der Waals surface area contributed by atoms with Crippen LogP contribution in [0.1, 0.15) is 33.6 Å². The summed E-state index contributed by atoms with van der Waals surface area (Å²) in [4.78, 5) is 10.8. The molecule has 0 fully saturated rings. The smallest absolute Gasteiger partial charge is 0.321 e. The van der Waals surface area contributed by atoms with Gasteiger partial charge in [0.15, 0.2) is 0 Å². The van der Waals surface area contributed by atoms with Gasteiger partial charge in [0.25, 0.3) is 0 Å². The minimum atomic E-state index is -3.67. The van der Waals surface area contributed by atoms with Crippen LogP contribution in [0.25, 0.3) is 0 Å². The number of hydrogen-bond donors (Lipinski definition) is 2. The van der Waals surface area contributed by atoms with Crippen molar-refractivity contribution >= 4 is 16.0 Å². The Bertz CT molecular complexity index is 350. The van der Waals surface area contributed by atoms with Crippen LogP contribution >= 0.6 is 0 Å². The van der Waals surface area contributed by atoms with Gasteiger partial charge in [0.1, 0.15) is 6.04 Å². The van der Waals surface area contributed by atoms with Gasteiger partial charge in [-0.25, -0.2) is 13.1 Å². The standard InChI is InChI=1S/C10H21NO5S/c1-5-6-8(9(12)13)11-17(14,15)7-10(2,3)16-4/h8,11H,5-7H2,1-4H3,(H,12,13). The predicted molar refractivity (Wildman–Crippen MR) is 64.3 cm³/mol. The van der Waals surface area contributed by atoms with Crippen LogP contribution in [-0.4, -0.2) is 44.0 Å². The summed E-state index contributed by atoms with van der Waals surface area (Å²) in [5.41, 5.74) is -0.846. The molecule has 0 saturated carbocycles. The zero-order valence-corrected chi connectivity index (χ0v) is 11.5. The first-order valence-corrected chi connectivity index (χ1v) is 7.06. The largest absolute Gasteiger partial charge is 0.480 e. The fourth-order valence-corrected chi connectivity index (χ4v) is 3.07. The van der Waals surface area contributed by atoms with Crippen LogP contribution in [0.2, 0.25) is 0 Å². The summed E-state index contributed by atoms with van der Waals surface area (Å²) in [7, 11) is -2.26. The van der Waals surface area contributed by atoms with Crippen molar-refractivity contribution in [2.45, 2.75) is 45.3 Å². The Morgan fingerprint density at radius 3 is 2.35 bits per heavy atom. The molecule has 0 aliphatic rings. The Morgan fingerprint density at radius 1 is 1.47 bits per heavy atom. The van der Waals surface area contributed by atoms with E-state index in [2.05, 4.69) is 4.72 Å². The number of aliphatic carboxylic acids is 1. The number of methoxy groups -OCH3 is 1. The normalized spacial score (nSPS) is 14.6. The highest BCUT2D eigenvalue weighted by Gasteiger charge is 2.29. The van der Waals surface area contributed by atoms with Gasteiger partial charge in [-0.15, -0.1) is 0 Å². The maximum absolute atomic E-state index is 11.7. The number of rotatable bonds is 8. The summed E-state index contributed by atoms with van der Waals surface area (Å²) in [6.45, 7) is 5.05. The zero-order chi connectivity index (χ0) is 13.7. The Labute approximate surface area is 102 Å². The molecule has 0 rings (SSSR count). The number of carboxylic acids is 1. The SMILES string of the molecule is CCCC(NS(=O)(=O)CC(C)(C)OC)C(=O)O. The summed E-state index contributed by atoms with van der Waals surface area (Å²) < 4.78 is 30.7. The lowest BCUT2D eigenvalue weighted by Gasteiger charge is -2.23. The Morgan fingerprint density at radius 2 is 2.00 bits per heavy atom. The van der Waals surface area contributed by atoms with Gasteiger partial charge in [0, 0.05) is 7.11 Å². The molecule has 0 aliphatic heterocycles. The van der Waals surface area contributed by atoms with Gasteiger partial charge in [-0.2, -0.15) is 0 Å². The lowest BCUT2D eigenvalue weighted by atomic mass is 10.2. The van der Waals surface area contributed by atoms with Gasteiger partial charge >= 0.3 is 5.97 Å². The highest BCUT2D eigenvalue weighted by molar-refractivity contribution is 7.89. The molecule has 0 aromatic rings. The van der Waals surface area contributed by atoms with Gasteiger partial charge in [0.05, 0.1) is 11.4 Å². The monoisotopic (exact) mass is 267 g/mol. The fraction of sp³-hybridized carbons (Fsp3) is 0.900. The number of sulfonamides is 1. The number of hydrogen-bond acceptors (Lipinski definition) is 4. The number of carboxylic acid groups (broad SMARTS) is 1. The molecule has 0 radical (unpaired) electrons. The van der Waals surface area contributed by atoms with Crippen molar-refractivity contribution in [3.8, 4) is 0 Å². The zero-order valence-electron chi connectivity index (χ0n) is 10.7. The molecule has 2 N–H and O–H groups in total. The van der Waals surface area contributed by atoms with Gasteiger partial charge in [-0.05, 0) is 20.3 Å². The third-order valence-corrected chi connectivity index (χ3v) is 4.01. The lowest BCUT2D eigenvalue weighted by Crippen LogP contribution is -2.46. The fourth-order valence-electron chi connectivity index (χ4n) is 1.30. The third-order valence-electron chi connectivity index (χ3n) is 2.29. The second kappa shape index (κ2) is 6.32. The van der Waals surface area contributed by atoms with Crippen molar-refractivity contribution in [3.63, 3.8) is 0 Å². The van der Waals surface area contributed by atoms with E-state index >= 15 is 0 Å². The highest BCUT2D eigenvalue weighted by atomic mass is 32.2. The number of nitrogens with one attached hydrogen (secondary N) is 1. The molecule has 17 heavy (non-hydrogen) atoms. The minimum absolute atomic E-state index is 0.266. The van der Waals surface area contributed by atoms with E-state index in [1.54, 1.807) is 20.8 Å². The second-order valence-electron chi connectivity index (χ2n) is 4.52. The average molecular weight is 267 g/mol. The third kappa shape index (κ3) is 6.60. The van der Waals surface area contributed by atoms with Crippen LogP contribution in [0.15, 0.2) is 0 Å². The van der Waals surface area contributed by atoms with Crippen molar-refractivity contribution < 1.29 is 23.1 Å². The Balaban J connectivity index is 4.68. The van der Waals surface area contributed by atoms with Crippen molar-refractivity contribution in [2.24, 2.45) is 0 Å². The summed E-state index contributed by atoms with van der Waals surface area (Å²) in [6.07, 6.45) is 0.856. The molecule has 0 aromatic carbocycles. The van der Waals surface area contributed by atoms with E-state index in [4.69, 9.17) is 9.84 Å². The second-order valence-corrected chi connectivity index (χ2v) is 6.27. The van der Waals surface area contributed by atoms with Crippen molar-refractivity contribution in [1.82, 2.24) is 4.72 Å². The van der Waals surface area contributed by atoms with E-state index < -0.39 is 27.6 Å². The quantitative estimate of drug-likeness (QED) is 0.671. The molecule has 0 amide bonds. The summed E-state index contributed by atoms with van der Waals surface area (Å²) in [5, 5.41) is 8.87. The van der Waals surface area contributed by atoms with Crippen LogP contribution in [-0.2, 0) is 19.6 Å². The van der Waals surface area contributed by atoms with E-state index in [0.717, 1.165) is 0 Å². The minimum Gasteiger partial charge on any atom is -0.480 e. The lowest BCUT2D eigenvalue weighted by molar-refractivity contribution is -0.139. The molecule has 0 aliphatic carbocycles. The molecule has 0 spiro atoms. The predicted octanol–water partition coefficient (Wildman–Crippen LogP) is 0.584. The van der Waals surface area contributed by atoms with Crippen LogP contribution in [0.4, 0.5) is 0 Å². The van der Waals surface area contributed by atoms with Gasteiger partial charge < -0.3 is 9.84 Å². The van der Waals surface area contributed by atoms with E-state index in [1.165, 1.54) is 7.11 Å². The van der Waals surface area contributed by atoms with Gasteiger partial charge in [-0.1, -0.05) is 13.3 Å². The van der Waals surface area contributed by atoms with Crippen LogP contribution < -0.4 is 4.72 Å². The van der Waals surface area contributed by atoms with Gasteiger partial charge in [0.2, 0.25) is 10.0 Å². The molecule has 1 atom stereocenters. The van der Waals surface area contributed by atoms with Gasteiger partial charge in [-0.3, -0.25) is 4.79 Å². The van der Waals surface area contributed by atoms with E-state index in [1.807, 2.05) is 0 Å². The molecular formula is C10H21NO5S. The Hall–Kier alpha value is -0.660. The molecular weight excluding hydrogens is 246 g/mol. The molecule has 1 unspecified atom stereocenters. The van der Waals surface area contributed by atoms with Crippen molar-refractivity contribution in [3.05, 3.63) is 0 Å². The highest BCUT2D eigenvalue weighted by Crippen LogP contribution is 2.11. The molecule has 6 nitrogen and oxygen atoms in total. The molecule has 0 bridgehead atoms. The molecule has 0 aromatic heterocycles. The maximum atomic E-state index is 11.7. The van der Waals surface area contributed by atoms with Crippen LogP contribution in [0, 0.1) is 0 Å². The van der Waals surface area contributed by atoms with E-state index in [9.17, 15) is 13.2 Å². The molecule has 0 heterocycles. The summed E-state index contributed by atoms with van der Waals surface area (Å²) >= 11 is 0. The van der Waals surface area contributed by atoms with E-state index in [0.29, 0.717) is 6.42 Å². The van der Waals surface area contributed by atoms with E-state index in [-0.39, 0.29) is 12.2 Å². The first kappa shape index (κ1) is 16.3. The molecule has 0 saturated heterocycles. The molecule has 102 valence electrons. The topological polar surface area (TPSA) is 92.7 Å². The van der Waals surface area contributed by atoms with Crippen molar-refractivity contribution in [2.75, 3.05) is 12.9 Å². The number of carbonyl (C=O) groups is 1. The number of ether oxygens (including phenoxy) is 1. The summed E-state index contributed by atoms with van der Waals surface area (Å²) in [5.74, 6) is -1.44. The Kier molecular flexibility index (Phi) is 6.08. The maximum Gasteiger partial charge on any atom is 0.321 e. The van der Waals surface area contributed by atoms with Crippen molar-refractivity contribution in [1.29, 1.82) is 0 Å².